The molecule has 0 N–H and O–H groups in total. The van der Waals surface area contributed by atoms with Crippen molar-refractivity contribution in [2.45, 2.75) is 39.4 Å². The standard InChI is InChI=1S/C25H30F4N2O/c1-17(2)12-31(18(3)32)15-21-14-30(16-24(21)20-7-9-23(26)10-8-20)13-19-5-4-6-22(11-19)25(27,28)29/h4-11,17,21,24H,12-16H2,1-3H3. The maximum atomic E-state index is 13.5. The second kappa shape index (κ2) is 10.0. The predicted molar refractivity (Wildman–Crippen MR) is 116 cm³/mol. The molecular formula is C25H30F4N2O. The first-order chi connectivity index (χ1) is 15.0. The molecule has 7 heteroatoms. The van der Waals surface area contributed by atoms with Crippen LogP contribution < -0.4 is 0 Å². The Hall–Kier alpha value is -2.41. The number of hydrogen-bond acceptors (Lipinski definition) is 2. The van der Waals surface area contributed by atoms with E-state index in [2.05, 4.69) is 18.7 Å². The molecule has 1 amide bonds. The van der Waals surface area contributed by atoms with Gasteiger partial charge in [0.2, 0.25) is 5.91 Å². The van der Waals surface area contributed by atoms with Gasteiger partial charge in [0.1, 0.15) is 5.82 Å². The molecule has 3 rings (SSSR count). The molecule has 0 saturated carbocycles. The minimum absolute atomic E-state index is 0.00730. The van der Waals surface area contributed by atoms with Crippen LogP contribution in [-0.2, 0) is 17.5 Å². The number of alkyl halides is 3. The Labute approximate surface area is 187 Å². The van der Waals surface area contributed by atoms with Gasteiger partial charge in [-0.3, -0.25) is 9.69 Å². The van der Waals surface area contributed by atoms with E-state index in [1.807, 2.05) is 4.90 Å². The lowest BCUT2D eigenvalue weighted by Gasteiger charge is -2.29. The molecule has 1 saturated heterocycles. The third kappa shape index (κ3) is 6.31. The Kier molecular flexibility index (Phi) is 7.59. The summed E-state index contributed by atoms with van der Waals surface area (Å²) in [6.07, 6.45) is -4.38. The van der Waals surface area contributed by atoms with Crippen molar-refractivity contribution in [1.29, 1.82) is 0 Å². The van der Waals surface area contributed by atoms with Gasteiger partial charge in [0.15, 0.2) is 0 Å². The lowest BCUT2D eigenvalue weighted by atomic mass is 9.88. The van der Waals surface area contributed by atoms with Crippen LogP contribution >= 0.6 is 0 Å². The number of benzene rings is 2. The van der Waals surface area contributed by atoms with E-state index in [0.29, 0.717) is 44.2 Å². The van der Waals surface area contributed by atoms with Crippen LogP contribution in [0.5, 0.6) is 0 Å². The van der Waals surface area contributed by atoms with Gasteiger partial charge in [-0.05, 0) is 41.2 Å². The highest BCUT2D eigenvalue weighted by Gasteiger charge is 2.36. The van der Waals surface area contributed by atoms with Gasteiger partial charge in [0.05, 0.1) is 5.56 Å². The molecule has 0 aliphatic carbocycles. The Morgan fingerprint density at radius 1 is 1.12 bits per heavy atom. The molecule has 32 heavy (non-hydrogen) atoms. The maximum Gasteiger partial charge on any atom is 0.416 e. The van der Waals surface area contributed by atoms with Crippen LogP contribution in [0.25, 0.3) is 0 Å². The van der Waals surface area contributed by atoms with Crippen LogP contribution in [0.15, 0.2) is 48.5 Å². The summed E-state index contributed by atoms with van der Waals surface area (Å²) in [6.45, 7) is 8.57. The SMILES string of the molecule is CC(=O)N(CC(C)C)CC1CN(Cc2cccc(C(F)(F)F)c2)CC1c1ccc(F)cc1. The van der Waals surface area contributed by atoms with Crippen LogP contribution in [0.1, 0.15) is 43.4 Å². The quantitative estimate of drug-likeness (QED) is 0.516. The molecule has 0 aromatic heterocycles. The number of halogens is 4. The second-order valence-electron chi connectivity index (χ2n) is 9.13. The molecule has 1 heterocycles. The van der Waals surface area contributed by atoms with Gasteiger partial charge in [0, 0.05) is 45.6 Å². The fraction of sp³-hybridized carbons (Fsp3) is 0.480. The van der Waals surface area contributed by atoms with Crippen molar-refractivity contribution in [2.75, 3.05) is 26.2 Å². The topological polar surface area (TPSA) is 23.6 Å². The van der Waals surface area contributed by atoms with Gasteiger partial charge in [-0.15, -0.1) is 0 Å². The summed E-state index contributed by atoms with van der Waals surface area (Å²) in [4.78, 5) is 16.2. The summed E-state index contributed by atoms with van der Waals surface area (Å²) < 4.78 is 52.8. The van der Waals surface area contributed by atoms with Gasteiger partial charge in [-0.2, -0.15) is 13.2 Å². The third-order valence-corrected chi connectivity index (χ3v) is 5.96. The molecule has 1 fully saturated rings. The number of hydrogen-bond donors (Lipinski definition) is 0. The molecule has 2 unspecified atom stereocenters. The maximum absolute atomic E-state index is 13.5. The highest BCUT2D eigenvalue weighted by atomic mass is 19.4. The monoisotopic (exact) mass is 450 g/mol. The van der Waals surface area contributed by atoms with Crippen molar-refractivity contribution in [3.63, 3.8) is 0 Å². The van der Waals surface area contributed by atoms with Gasteiger partial charge < -0.3 is 4.90 Å². The van der Waals surface area contributed by atoms with Crippen LogP contribution in [0.4, 0.5) is 17.6 Å². The van der Waals surface area contributed by atoms with E-state index in [9.17, 15) is 22.4 Å². The third-order valence-electron chi connectivity index (χ3n) is 5.96. The smallest absolute Gasteiger partial charge is 0.342 e. The van der Waals surface area contributed by atoms with Crippen molar-refractivity contribution < 1.29 is 22.4 Å². The second-order valence-corrected chi connectivity index (χ2v) is 9.13. The van der Waals surface area contributed by atoms with E-state index in [1.54, 1.807) is 25.1 Å². The lowest BCUT2D eigenvalue weighted by molar-refractivity contribution is -0.137. The fourth-order valence-corrected chi connectivity index (χ4v) is 4.52. The van der Waals surface area contributed by atoms with Crippen molar-refractivity contribution in [1.82, 2.24) is 9.80 Å². The average Bonchev–Trinajstić information content (AvgIpc) is 3.09. The Morgan fingerprint density at radius 3 is 2.41 bits per heavy atom. The molecule has 0 radical (unpaired) electrons. The highest BCUT2D eigenvalue weighted by molar-refractivity contribution is 5.73. The van der Waals surface area contributed by atoms with E-state index < -0.39 is 11.7 Å². The summed E-state index contributed by atoms with van der Waals surface area (Å²) in [7, 11) is 0. The van der Waals surface area contributed by atoms with Crippen LogP contribution in [-0.4, -0.2) is 41.9 Å². The number of carbonyl (C=O) groups is 1. The number of carbonyl (C=O) groups excluding carboxylic acids is 1. The first-order valence-electron chi connectivity index (χ1n) is 10.9. The molecule has 0 bridgehead atoms. The van der Waals surface area contributed by atoms with Crippen molar-refractivity contribution in [2.24, 2.45) is 11.8 Å². The molecule has 2 aromatic rings. The van der Waals surface area contributed by atoms with Crippen LogP contribution in [0, 0.1) is 17.7 Å². The number of amides is 1. The number of nitrogens with zero attached hydrogens (tertiary/aromatic N) is 2. The zero-order chi connectivity index (χ0) is 23.5. The van der Waals surface area contributed by atoms with Gasteiger partial charge in [-0.1, -0.05) is 44.2 Å². The predicted octanol–water partition coefficient (Wildman–Crippen LogP) is 5.56. The summed E-state index contributed by atoms with van der Waals surface area (Å²) in [6, 6.07) is 11.8. The first-order valence-corrected chi connectivity index (χ1v) is 10.9. The Balaban J connectivity index is 1.81. The number of likely N-dealkylation sites (tertiary alicyclic amines) is 1. The van der Waals surface area contributed by atoms with Crippen molar-refractivity contribution in [3.8, 4) is 0 Å². The zero-order valence-electron chi connectivity index (χ0n) is 18.7. The van der Waals surface area contributed by atoms with Gasteiger partial charge in [0.25, 0.3) is 0 Å². The normalized spacial score (nSPS) is 19.5. The van der Waals surface area contributed by atoms with E-state index in [-0.39, 0.29) is 23.6 Å². The minimum atomic E-state index is -4.38. The van der Waals surface area contributed by atoms with Crippen LogP contribution in [0.3, 0.4) is 0 Å². The van der Waals surface area contributed by atoms with Crippen LogP contribution in [0.2, 0.25) is 0 Å². The highest BCUT2D eigenvalue weighted by Crippen LogP contribution is 2.35. The van der Waals surface area contributed by atoms with E-state index in [0.717, 1.165) is 11.6 Å². The Bertz CT molecular complexity index is 911. The van der Waals surface area contributed by atoms with E-state index in [4.69, 9.17) is 0 Å². The largest absolute Gasteiger partial charge is 0.416 e. The summed E-state index contributed by atoms with van der Waals surface area (Å²) in [5.74, 6) is 0.192. The zero-order valence-corrected chi connectivity index (χ0v) is 18.7. The first kappa shape index (κ1) is 24.2. The molecular weight excluding hydrogens is 420 g/mol. The number of rotatable bonds is 7. The molecule has 3 nitrogen and oxygen atoms in total. The van der Waals surface area contributed by atoms with E-state index in [1.165, 1.54) is 24.3 Å². The average molecular weight is 451 g/mol. The molecule has 174 valence electrons. The van der Waals surface area contributed by atoms with Crippen molar-refractivity contribution >= 4 is 5.91 Å². The molecule has 0 spiro atoms. The molecule has 1 aliphatic rings. The molecule has 2 atom stereocenters. The Morgan fingerprint density at radius 2 is 1.81 bits per heavy atom. The minimum Gasteiger partial charge on any atom is -0.342 e. The summed E-state index contributed by atoms with van der Waals surface area (Å²) in [5, 5.41) is 0. The van der Waals surface area contributed by atoms with E-state index >= 15 is 0 Å². The van der Waals surface area contributed by atoms with Gasteiger partial charge >= 0.3 is 6.18 Å². The lowest BCUT2D eigenvalue weighted by Crippen LogP contribution is -2.38. The molecule has 2 aromatic carbocycles. The van der Waals surface area contributed by atoms with Crippen molar-refractivity contribution in [3.05, 3.63) is 71.0 Å². The van der Waals surface area contributed by atoms with Gasteiger partial charge in [-0.25, -0.2) is 4.39 Å². The summed E-state index contributed by atoms with van der Waals surface area (Å²) >= 11 is 0. The fourth-order valence-electron chi connectivity index (χ4n) is 4.52. The summed E-state index contributed by atoms with van der Waals surface area (Å²) in [5.41, 5.74) is 0.931. The molecule has 1 aliphatic heterocycles.